The number of pyridine rings is 1. The Morgan fingerprint density at radius 1 is 1.45 bits per heavy atom. The first kappa shape index (κ1) is 15.3. The molecular weight excluding hydrogens is 324 g/mol. The van der Waals surface area contributed by atoms with E-state index in [1.807, 2.05) is 0 Å². The number of hydrogen-bond acceptors (Lipinski definition) is 3. The van der Waals surface area contributed by atoms with Crippen molar-refractivity contribution in [2.24, 2.45) is 7.05 Å². The van der Waals surface area contributed by atoms with Gasteiger partial charge >= 0.3 is 0 Å². The predicted molar refractivity (Wildman–Crippen MR) is 80.7 cm³/mol. The topological polar surface area (TPSA) is 71.3 Å². The highest BCUT2D eigenvalue weighted by atomic mass is 79.9. The Kier molecular flexibility index (Phi) is 4.65. The molecule has 0 radical (unpaired) electrons. The number of nitrogens with zero attached hydrogens (tertiary/aromatic N) is 1. The molecule has 0 saturated heterocycles. The van der Waals surface area contributed by atoms with Crippen LogP contribution in [0.5, 0.6) is 0 Å². The van der Waals surface area contributed by atoms with Crippen LogP contribution < -0.4 is 10.9 Å². The zero-order valence-electron chi connectivity index (χ0n) is 11.5. The number of carbonyl (C=O) groups is 1. The monoisotopic (exact) mass is 342 g/mol. The summed E-state index contributed by atoms with van der Waals surface area (Å²) in [5, 5.41) is 13.1. The van der Waals surface area contributed by atoms with E-state index < -0.39 is 5.60 Å². The highest BCUT2D eigenvalue weighted by Crippen LogP contribution is 2.31. The predicted octanol–water partition coefficient (Wildman–Crippen LogP) is 2.17. The molecule has 1 fully saturated rings. The number of halogens is 1. The molecule has 0 atom stereocenters. The van der Waals surface area contributed by atoms with Crippen molar-refractivity contribution in [3.63, 3.8) is 0 Å². The maximum Gasteiger partial charge on any atom is 0.264 e. The van der Waals surface area contributed by atoms with Crippen molar-refractivity contribution in [2.45, 2.75) is 44.1 Å². The maximum absolute atomic E-state index is 12.0. The molecule has 110 valence electrons. The van der Waals surface area contributed by atoms with Crippen LogP contribution in [0, 0.1) is 0 Å². The van der Waals surface area contributed by atoms with Gasteiger partial charge in [-0.2, -0.15) is 0 Å². The van der Waals surface area contributed by atoms with Gasteiger partial charge in [0.1, 0.15) is 0 Å². The number of hydrogen-bond donors (Lipinski definition) is 2. The summed E-state index contributed by atoms with van der Waals surface area (Å²) < 4.78 is 1.80. The summed E-state index contributed by atoms with van der Waals surface area (Å²) in [5.41, 5.74) is -0.488. The van der Waals surface area contributed by atoms with Gasteiger partial charge in [0.15, 0.2) is 0 Å². The van der Waals surface area contributed by atoms with Gasteiger partial charge < -0.3 is 15.0 Å². The Balaban J connectivity index is 2.03. The second-order valence-corrected chi connectivity index (χ2v) is 6.36. The molecule has 1 aliphatic carbocycles. The minimum absolute atomic E-state index is 0.105. The quantitative estimate of drug-likeness (QED) is 0.884. The van der Waals surface area contributed by atoms with Crippen molar-refractivity contribution in [3.05, 3.63) is 27.1 Å². The lowest BCUT2D eigenvalue weighted by atomic mass is 9.82. The lowest BCUT2D eigenvalue weighted by Crippen LogP contribution is -2.36. The van der Waals surface area contributed by atoms with Crippen LogP contribution in [0.2, 0.25) is 0 Å². The summed E-state index contributed by atoms with van der Waals surface area (Å²) in [5.74, 6) is -0.222. The van der Waals surface area contributed by atoms with Crippen LogP contribution in [0.15, 0.2) is 21.5 Å². The van der Waals surface area contributed by atoms with Gasteiger partial charge in [-0.15, -0.1) is 0 Å². The van der Waals surface area contributed by atoms with Crippen LogP contribution in [-0.4, -0.2) is 21.2 Å². The number of nitrogens with one attached hydrogen (secondary N) is 1. The highest BCUT2D eigenvalue weighted by Gasteiger charge is 2.31. The number of aryl methyl sites for hydroxylation is 1. The molecule has 1 heterocycles. The fraction of sp³-hybridized carbons (Fsp3) is 0.571. The Labute approximate surface area is 126 Å². The summed E-state index contributed by atoms with van der Waals surface area (Å²) in [6.45, 7) is 0. The number of aromatic nitrogens is 1. The van der Waals surface area contributed by atoms with Gasteiger partial charge in [0.2, 0.25) is 5.91 Å². The van der Waals surface area contributed by atoms with Crippen LogP contribution in [0.1, 0.15) is 38.5 Å². The van der Waals surface area contributed by atoms with Crippen molar-refractivity contribution in [2.75, 3.05) is 5.32 Å². The molecule has 1 aromatic rings. The average Bonchev–Trinajstić information content (AvgIpc) is 2.35. The molecule has 1 saturated carbocycles. The van der Waals surface area contributed by atoms with Crippen LogP contribution >= 0.6 is 15.9 Å². The van der Waals surface area contributed by atoms with E-state index in [-0.39, 0.29) is 17.9 Å². The molecule has 5 nitrogen and oxygen atoms in total. The molecule has 2 rings (SSSR count). The van der Waals surface area contributed by atoms with Crippen LogP contribution in [0.4, 0.5) is 5.69 Å². The van der Waals surface area contributed by atoms with Crippen LogP contribution in [0.3, 0.4) is 0 Å². The maximum atomic E-state index is 12.0. The summed E-state index contributed by atoms with van der Waals surface area (Å²) in [7, 11) is 1.62. The van der Waals surface area contributed by atoms with E-state index in [4.69, 9.17) is 0 Å². The van der Waals surface area contributed by atoms with Gasteiger partial charge in [0, 0.05) is 13.2 Å². The third kappa shape index (κ3) is 3.70. The van der Waals surface area contributed by atoms with E-state index >= 15 is 0 Å². The summed E-state index contributed by atoms with van der Waals surface area (Å²) in [4.78, 5) is 23.6. The number of aliphatic hydroxyl groups is 1. The molecule has 0 spiro atoms. The van der Waals surface area contributed by atoms with E-state index in [0.29, 0.717) is 23.0 Å². The van der Waals surface area contributed by atoms with E-state index in [2.05, 4.69) is 21.2 Å². The second-order valence-electron chi connectivity index (χ2n) is 5.50. The normalized spacial score (nSPS) is 17.8. The van der Waals surface area contributed by atoms with Gasteiger partial charge in [-0.25, -0.2) is 0 Å². The van der Waals surface area contributed by atoms with Crippen LogP contribution in [-0.2, 0) is 11.8 Å². The number of carbonyl (C=O) groups excluding carboxylic acids is 1. The van der Waals surface area contributed by atoms with Gasteiger partial charge in [0.05, 0.1) is 22.2 Å². The summed E-state index contributed by atoms with van der Waals surface area (Å²) in [6.07, 6.45) is 6.08. The third-order valence-electron chi connectivity index (χ3n) is 3.70. The first-order chi connectivity index (χ1) is 9.39. The molecule has 20 heavy (non-hydrogen) atoms. The molecule has 0 aromatic carbocycles. The molecule has 6 heteroatoms. The third-order valence-corrected chi connectivity index (χ3v) is 4.27. The zero-order chi connectivity index (χ0) is 14.8. The fourth-order valence-corrected chi connectivity index (χ4v) is 3.16. The molecule has 0 unspecified atom stereocenters. The van der Waals surface area contributed by atoms with E-state index in [9.17, 15) is 14.7 Å². The first-order valence-electron chi connectivity index (χ1n) is 6.78. The molecule has 0 aliphatic heterocycles. The Bertz CT molecular complexity index is 536. The largest absolute Gasteiger partial charge is 0.389 e. The minimum atomic E-state index is -0.875. The zero-order valence-corrected chi connectivity index (χ0v) is 13.1. The SMILES string of the molecule is Cn1cc(NC(=O)CC2(O)CCCCC2)cc(Br)c1=O. The Morgan fingerprint density at radius 3 is 2.70 bits per heavy atom. The first-order valence-corrected chi connectivity index (χ1v) is 7.57. The standard InChI is InChI=1S/C14H19BrN2O3/c1-17-9-10(7-11(15)13(17)19)16-12(18)8-14(20)5-3-2-4-6-14/h7,9,20H,2-6,8H2,1H3,(H,16,18). The smallest absolute Gasteiger partial charge is 0.264 e. The lowest BCUT2D eigenvalue weighted by Gasteiger charge is -2.31. The molecule has 0 bridgehead atoms. The van der Waals surface area contributed by atoms with Crippen LogP contribution in [0.25, 0.3) is 0 Å². The lowest BCUT2D eigenvalue weighted by molar-refractivity contribution is -0.122. The minimum Gasteiger partial charge on any atom is -0.389 e. The van der Waals surface area contributed by atoms with E-state index in [0.717, 1.165) is 19.3 Å². The number of anilines is 1. The second kappa shape index (κ2) is 6.10. The summed E-state index contributed by atoms with van der Waals surface area (Å²) >= 11 is 3.16. The summed E-state index contributed by atoms with van der Waals surface area (Å²) in [6, 6.07) is 1.57. The molecular formula is C14H19BrN2O3. The molecule has 2 N–H and O–H groups in total. The van der Waals surface area contributed by atoms with Gasteiger partial charge in [0.25, 0.3) is 5.56 Å². The average molecular weight is 343 g/mol. The van der Waals surface area contributed by atoms with Gasteiger partial charge in [-0.1, -0.05) is 19.3 Å². The number of amides is 1. The van der Waals surface area contributed by atoms with Gasteiger partial charge in [-0.3, -0.25) is 9.59 Å². The number of rotatable bonds is 3. The molecule has 1 aromatic heterocycles. The fourth-order valence-electron chi connectivity index (χ4n) is 2.63. The molecule has 1 aliphatic rings. The van der Waals surface area contributed by atoms with Crippen molar-refractivity contribution in [1.82, 2.24) is 4.57 Å². The Hall–Kier alpha value is -1.14. The Morgan fingerprint density at radius 2 is 2.10 bits per heavy atom. The van der Waals surface area contributed by atoms with E-state index in [1.54, 1.807) is 19.3 Å². The highest BCUT2D eigenvalue weighted by molar-refractivity contribution is 9.10. The molecule has 1 amide bonds. The van der Waals surface area contributed by atoms with Crippen molar-refractivity contribution < 1.29 is 9.90 Å². The van der Waals surface area contributed by atoms with Gasteiger partial charge in [-0.05, 0) is 34.8 Å². The van der Waals surface area contributed by atoms with Crippen molar-refractivity contribution in [1.29, 1.82) is 0 Å². The van der Waals surface area contributed by atoms with E-state index in [1.165, 1.54) is 4.57 Å². The van der Waals surface area contributed by atoms with Crippen molar-refractivity contribution >= 4 is 27.5 Å². The van der Waals surface area contributed by atoms with Crippen molar-refractivity contribution in [3.8, 4) is 0 Å².